The SMILES string of the molecule is CCNc1ccc(S(=O)(=O)NCC2(C)CCCCC2)cn1. The molecule has 0 atom stereocenters. The summed E-state index contributed by atoms with van der Waals surface area (Å²) < 4.78 is 27.4. The van der Waals surface area contributed by atoms with Crippen molar-refractivity contribution in [3.8, 4) is 0 Å². The monoisotopic (exact) mass is 311 g/mol. The number of aromatic nitrogens is 1. The normalized spacial score (nSPS) is 18.4. The Morgan fingerprint density at radius 1 is 1.24 bits per heavy atom. The van der Waals surface area contributed by atoms with Crippen molar-refractivity contribution in [1.29, 1.82) is 0 Å². The Hall–Kier alpha value is -1.14. The van der Waals surface area contributed by atoms with Crippen LogP contribution in [0.3, 0.4) is 0 Å². The summed E-state index contributed by atoms with van der Waals surface area (Å²) in [7, 11) is -3.47. The Balaban J connectivity index is 2.00. The molecule has 118 valence electrons. The Labute approximate surface area is 127 Å². The lowest BCUT2D eigenvalue weighted by Gasteiger charge is -2.33. The Kier molecular flexibility index (Phi) is 5.22. The van der Waals surface area contributed by atoms with Crippen LogP contribution in [0.4, 0.5) is 5.82 Å². The molecule has 0 aliphatic heterocycles. The highest BCUT2D eigenvalue weighted by Gasteiger charge is 2.28. The molecule has 1 heterocycles. The van der Waals surface area contributed by atoms with Gasteiger partial charge in [-0.25, -0.2) is 18.1 Å². The molecule has 2 N–H and O–H groups in total. The molecule has 1 aromatic rings. The minimum Gasteiger partial charge on any atom is -0.370 e. The largest absolute Gasteiger partial charge is 0.370 e. The molecule has 1 aromatic heterocycles. The van der Waals surface area contributed by atoms with E-state index in [2.05, 4.69) is 21.9 Å². The second-order valence-electron chi connectivity index (χ2n) is 6.11. The first-order valence-electron chi connectivity index (χ1n) is 7.65. The standard InChI is InChI=1S/C15H25N3O2S/c1-3-16-14-8-7-13(11-17-14)21(19,20)18-12-15(2)9-5-4-6-10-15/h7-8,11,18H,3-6,9-10,12H2,1-2H3,(H,16,17). The van der Waals surface area contributed by atoms with Gasteiger partial charge in [-0.15, -0.1) is 0 Å². The quantitative estimate of drug-likeness (QED) is 0.847. The van der Waals surface area contributed by atoms with E-state index in [1.807, 2.05) is 6.92 Å². The van der Waals surface area contributed by atoms with Crippen LogP contribution in [0.25, 0.3) is 0 Å². The summed E-state index contributed by atoms with van der Waals surface area (Å²) in [5, 5.41) is 3.05. The second kappa shape index (κ2) is 6.75. The van der Waals surface area contributed by atoms with Crippen molar-refractivity contribution in [2.75, 3.05) is 18.4 Å². The molecule has 0 saturated heterocycles. The molecule has 1 aliphatic carbocycles. The van der Waals surface area contributed by atoms with Gasteiger partial charge in [0.1, 0.15) is 10.7 Å². The molecule has 5 nitrogen and oxygen atoms in total. The molecular weight excluding hydrogens is 286 g/mol. The van der Waals surface area contributed by atoms with Crippen molar-refractivity contribution < 1.29 is 8.42 Å². The predicted molar refractivity (Wildman–Crippen MR) is 84.8 cm³/mol. The summed E-state index contributed by atoms with van der Waals surface area (Å²) >= 11 is 0. The van der Waals surface area contributed by atoms with Gasteiger partial charge in [0.2, 0.25) is 10.0 Å². The van der Waals surface area contributed by atoms with Gasteiger partial charge in [-0.05, 0) is 37.3 Å². The minimum atomic E-state index is -3.47. The Bertz CT molecular complexity index is 549. The number of pyridine rings is 1. The van der Waals surface area contributed by atoms with Crippen molar-refractivity contribution in [3.63, 3.8) is 0 Å². The molecule has 0 radical (unpaired) electrons. The summed E-state index contributed by atoms with van der Waals surface area (Å²) in [6.45, 7) is 5.40. The van der Waals surface area contributed by atoms with Crippen LogP contribution in [0.1, 0.15) is 46.0 Å². The summed E-state index contributed by atoms with van der Waals surface area (Å²) in [6.07, 6.45) is 7.23. The third-order valence-electron chi connectivity index (χ3n) is 4.15. The summed E-state index contributed by atoms with van der Waals surface area (Å²) in [6, 6.07) is 3.29. The summed E-state index contributed by atoms with van der Waals surface area (Å²) in [5.74, 6) is 0.690. The fraction of sp³-hybridized carbons (Fsp3) is 0.667. The molecule has 0 bridgehead atoms. The molecular formula is C15H25N3O2S. The van der Waals surface area contributed by atoms with Crippen LogP contribution in [0, 0.1) is 5.41 Å². The van der Waals surface area contributed by atoms with Crippen LogP contribution in [-0.4, -0.2) is 26.5 Å². The van der Waals surface area contributed by atoms with Crippen LogP contribution in [0.15, 0.2) is 23.2 Å². The highest BCUT2D eigenvalue weighted by molar-refractivity contribution is 7.89. The van der Waals surface area contributed by atoms with Crippen LogP contribution in [0.5, 0.6) is 0 Å². The van der Waals surface area contributed by atoms with E-state index in [0.717, 1.165) is 19.4 Å². The molecule has 1 aliphatic rings. The van der Waals surface area contributed by atoms with Gasteiger partial charge in [0.25, 0.3) is 0 Å². The predicted octanol–water partition coefficient (Wildman–Crippen LogP) is 2.76. The Morgan fingerprint density at radius 3 is 2.52 bits per heavy atom. The lowest BCUT2D eigenvalue weighted by molar-refractivity contribution is 0.219. The first-order valence-corrected chi connectivity index (χ1v) is 9.13. The maximum Gasteiger partial charge on any atom is 0.242 e. The number of hydrogen-bond acceptors (Lipinski definition) is 4. The average Bonchev–Trinajstić information content (AvgIpc) is 2.47. The van der Waals surface area contributed by atoms with E-state index in [0.29, 0.717) is 12.4 Å². The van der Waals surface area contributed by atoms with Gasteiger partial charge < -0.3 is 5.32 Å². The summed E-state index contributed by atoms with van der Waals surface area (Å²) in [5.41, 5.74) is 0.0858. The number of nitrogens with one attached hydrogen (secondary N) is 2. The van der Waals surface area contributed by atoms with Gasteiger partial charge in [-0.1, -0.05) is 26.2 Å². The third kappa shape index (κ3) is 4.41. The highest BCUT2D eigenvalue weighted by atomic mass is 32.2. The van der Waals surface area contributed by atoms with E-state index < -0.39 is 10.0 Å². The fourth-order valence-electron chi connectivity index (χ4n) is 2.76. The summed E-state index contributed by atoms with van der Waals surface area (Å²) in [4.78, 5) is 4.34. The molecule has 21 heavy (non-hydrogen) atoms. The number of anilines is 1. The lowest BCUT2D eigenvalue weighted by Crippen LogP contribution is -2.37. The topological polar surface area (TPSA) is 71.1 Å². The molecule has 6 heteroatoms. The van der Waals surface area contributed by atoms with E-state index in [-0.39, 0.29) is 10.3 Å². The van der Waals surface area contributed by atoms with E-state index in [1.165, 1.54) is 25.5 Å². The molecule has 0 spiro atoms. The smallest absolute Gasteiger partial charge is 0.242 e. The van der Waals surface area contributed by atoms with Crippen LogP contribution >= 0.6 is 0 Å². The first-order chi connectivity index (χ1) is 9.95. The van der Waals surface area contributed by atoms with E-state index >= 15 is 0 Å². The maximum atomic E-state index is 12.3. The van der Waals surface area contributed by atoms with E-state index in [4.69, 9.17) is 0 Å². The van der Waals surface area contributed by atoms with Gasteiger partial charge in [-0.2, -0.15) is 0 Å². The molecule has 2 rings (SSSR count). The Morgan fingerprint density at radius 2 is 1.95 bits per heavy atom. The molecule has 1 saturated carbocycles. The van der Waals surface area contributed by atoms with E-state index in [1.54, 1.807) is 12.1 Å². The van der Waals surface area contributed by atoms with Crippen molar-refractivity contribution >= 4 is 15.8 Å². The number of sulfonamides is 1. The van der Waals surface area contributed by atoms with Gasteiger partial charge in [0.15, 0.2) is 0 Å². The zero-order valence-electron chi connectivity index (χ0n) is 12.9. The number of hydrogen-bond donors (Lipinski definition) is 2. The third-order valence-corrected chi connectivity index (χ3v) is 5.54. The van der Waals surface area contributed by atoms with Crippen LogP contribution < -0.4 is 10.0 Å². The minimum absolute atomic E-state index is 0.0858. The first kappa shape index (κ1) is 16.2. The zero-order chi connectivity index (χ0) is 15.3. The van der Waals surface area contributed by atoms with Crippen molar-refractivity contribution in [2.45, 2.75) is 50.8 Å². The van der Waals surface area contributed by atoms with E-state index in [9.17, 15) is 8.42 Å². The van der Waals surface area contributed by atoms with Crippen LogP contribution in [-0.2, 0) is 10.0 Å². The van der Waals surface area contributed by atoms with Crippen LogP contribution in [0.2, 0.25) is 0 Å². The van der Waals surface area contributed by atoms with Gasteiger partial charge in [-0.3, -0.25) is 0 Å². The number of nitrogens with zero attached hydrogens (tertiary/aromatic N) is 1. The molecule has 0 unspecified atom stereocenters. The van der Waals surface area contributed by atoms with Crippen molar-refractivity contribution in [3.05, 3.63) is 18.3 Å². The van der Waals surface area contributed by atoms with Gasteiger partial charge in [0.05, 0.1) is 0 Å². The molecule has 0 amide bonds. The van der Waals surface area contributed by atoms with Gasteiger partial charge >= 0.3 is 0 Å². The zero-order valence-corrected chi connectivity index (χ0v) is 13.7. The fourth-order valence-corrected chi connectivity index (χ4v) is 3.90. The highest BCUT2D eigenvalue weighted by Crippen LogP contribution is 2.35. The molecule has 0 aromatic carbocycles. The van der Waals surface area contributed by atoms with Crippen molar-refractivity contribution in [2.24, 2.45) is 5.41 Å². The average molecular weight is 311 g/mol. The van der Waals surface area contributed by atoms with Crippen molar-refractivity contribution in [1.82, 2.24) is 9.71 Å². The van der Waals surface area contributed by atoms with Gasteiger partial charge in [0, 0.05) is 19.3 Å². The number of rotatable bonds is 6. The lowest BCUT2D eigenvalue weighted by atomic mass is 9.76. The second-order valence-corrected chi connectivity index (χ2v) is 7.87. The maximum absolute atomic E-state index is 12.3. The molecule has 1 fully saturated rings.